The van der Waals surface area contributed by atoms with E-state index in [1.807, 2.05) is 0 Å². The highest BCUT2D eigenvalue weighted by atomic mass is 79.9. The largest absolute Gasteiger partial charge is 0.490 e. The lowest BCUT2D eigenvalue weighted by Crippen LogP contribution is -2.21. The van der Waals surface area contributed by atoms with Gasteiger partial charge in [0.15, 0.2) is 0 Å². The van der Waals surface area contributed by atoms with Crippen LogP contribution in [0, 0.1) is 0 Å². The molecule has 0 spiro atoms. The summed E-state index contributed by atoms with van der Waals surface area (Å²) in [7, 11) is 0. The highest BCUT2D eigenvalue weighted by Crippen LogP contribution is 2.21. The number of hydrogen-bond donors (Lipinski definition) is 2. The maximum atomic E-state index is 10.6. The fourth-order valence-electron chi connectivity index (χ4n) is 1.55. The van der Waals surface area contributed by atoms with Crippen LogP contribution in [0.1, 0.15) is 12.0 Å². The zero-order chi connectivity index (χ0) is 15.2. The third-order valence-corrected chi connectivity index (χ3v) is 3.05. The van der Waals surface area contributed by atoms with Crippen LogP contribution >= 0.6 is 15.9 Å². The number of aliphatic carboxylic acids is 1. The Morgan fingerprint density at radius 2 is 1.80 bits per heavy atom. The molecular formula is C13H13BrF3NO2. The molecule has 0 atom stereocenters. The number of carboxylic acid groups (broad SMARTS) is 1. The highest BCUT2D eigenvalue weighted by molar-refractivity contribution is 9.10. The molecule has 0 saturated carbocycles. The summed E-state index contributed by atoms with van der Waals surface area (Å²) in [6.45, 7) is 2.10. The lowest BCUT2D eigenvalue weighted by atomic mass is 10.0. The van der Waals surface area contributed by atoms with Gasteiger partial charge in [-0.1, -0.05) is 34.1 Å². The number of carboxylic acids is 1. The van der Waals surface area contributed by atoms with Crippen molar-refractivity contribution in [2.45, 2.75) is 12.6 Å². The summed E-state index contributed by atoms with van der Waals surface area (Å²) in [6.07, 6.45) is -1.67. The first-order valence-corrected chi connectivity index (χ1v) is 6.56. The summed E-state index contributed by atoms with van der Waals surface area (Å²) >= 11 is 3.44. The maximum absolute atomic E-state index is 10.6. The molecular weight excluding hydrogens is 339 g/mol. The van der Waals surface area contributed by atoms with Crippen molar-refractivity contribution in [2.75, 3.05) is 13.1 Å². The normalized spacial score (nSPS) is 14.9. The molecule has 2 N–H and O–H groups in total. The lowest BCUT2D eigenvalue weighted by Gasteiger charge is -2.13. The molecule has 20 heavy (non-hydrogen) atoms. The monoisotopic (exact) mass is 351 g/mol. The van der Waals surface area contributed by atoms with E-state index in [0.717, 1.165) is 24.0 Å². The zero-order valence-corrected chi connectivity index (χ0v) is 12.0. The Labute approximate surface area is 122 Å². The standard InChI is InChI=1S/C11H12BrN.C2HF3O2/c12-11-3-1-9(2-4-11)10-5-7-13-8-6-10;3-2(4,5)1(6)7/h1-5,13H,6-8H2;(H,6,7). The lowest BCUT2D eigenvalue weighted by molar-refractivity contribution is -0.192. The quantitative estimate of drug-likeness (QED) is 0.814. The van der Waals surface area contributed by atoms with Crippen LogP contribution in [0.5, 0.6) is 0 Å². The van der Waals surface area contributed by atoms with E-state index in [-0.39, 0.29) is 0 Å². The van der Waals surface area contributed by atoms with Gasteiger partial charge in [-0.25, -0.2) is 4.79 Å². The molecule has 1 aliphatic heterocycles. The third kappa shape index (κ3) is 5.75. The summed E-state index contributed by atoms with van der Waals surface area (Å²) < 4.78 is 32.9. The van der Waals surface area contributed by atoms with Gasteiger partial charge in [-0.15, -0.1) is 0 Å². The Bertz CT molecular complexity index is 483. The summed E-state index contributed by atoms with van der Waals surface area (Å²) in [5, 5.41) is 10.4. The van der Waals surface area contributed by atoms with E-state index in [1.54, 1.807) is 0 Å². The Morgan fingerprint density at radius 3 is 2.20 bits per heavy atom. The molecule has 110 valence electrons. The van der Waals surface area contributed by atoms with Crippen LogP contribution in [0.4, 0.5) is 13.2 Å². The molecule has 0 radical (unpaired) electrons. The van der Waals surface area contributed by atoms with E-state index in [1.165, 1.54) is 11.1 Å². The van der Waals surface area contributed by atoms with E-state index in [4.69, 9.17) is 9.90 Å². The van der Waals surface area contributed by atoms with Gasteiger partial charge < -0.3 is 10.4 Å². The van der Waals surface area contributed by atoms with Gasteiger partial charge in [-0.3, -0.25) is 0 Å². The van der Waals surface area contributed by atoms with Crippen LogP contribution in [0.3, 0.4) is 0 Å². The smallest absolute Gasteiger partial charge is 0.475 e. The second-order valence-corrected chi connectivity index (χ2v) is 4.91. The predicted molar refractivity (Wildman–Crippen MR) is 73.3 cm³/mol. The van der Waals surface area contributed by atoms with Gasteiger partial charge in [0.2, 0.25) is 0 Å². The number of rotatable bonds is 1. The second-order valence-electron chi connectivity index (χ2n) is 3.99. The Hall–Kier alpha value is -1.34. The van der Waals surface area contributed by atoms with Crippen molar-refractivity contribution < 1.29 is 23.1 Å². The first kappa shape index (κ1) is 16.7. The SMILES string of the molecule is Brc1ccc(C2=CCNCC2)cc1.O=C(O)C(F)(F)F. The number of nitrogens with one attached hydrogen (secondary N) is 1. The maximum Gasteiger partial charge on any atom is 0.490 e. The van der Waals surface area contributed by atoms with Gasteiger partial charge >= 0.3 is 12.1 Å². The van der Waals surface area contributed by atoms with Crippen LogP contribution in [0.15, 0.2) is 34.8 Å². The van der Waals surface area contributed by atoms with E-state index < -0.39 is 12.1 Å². The van der Waals surface area contributed by atoms with Gasteiger partial charge in [-0.2, -0.15) is 13.2 Å². The average molecular weight is 352 g/mol. The number of carbonyl (C=O) groups is 1. The molecule has 1 heterocycles. The van der Waals surface area contributed by atoms with Gasteiger partial charge in [0.05, 0.1) is 0 Å². The molecule has 0 bridgehead atoms. The summed E-state index contributed by atoms with van der Waals surface area (Å²) in [4.78, 5) is 8.90. The predicted octanol–water partition coefficient (Wildman–Crippen LogP) is 3.46. The summed E-state index contributed by atoms with van der Waals surface area (Å²) in [6, 6.07) is 8.53. The molecule has 0 amide bonds. The molecule has 1 aromatic rings. The van der Waals surface area contributed by atoms with Crippen LogP contribution in [-0.2, 0) is 4.79 Å². The molecule has 7 heteroatoms. The van der Waals surface area contributed by atoms with Crippen LogP contribution < -0.4 is 5.32 Å². The van der Waals surface area contributed by atoms with Crippen molar-refractivity contribution in [1.29, 1.82) is 0 Å². The molecule has 2 rings (SSSR count). The van der Waals surface area contributed by atoms with Crippen LogP contribution in [0.2, 0.25) is 0 Å². The fraction of sp³-hybridized carbons (Fsp3) is 0.308. The van der Waals surface area contributed by atoms with Crippen molar-refractivity contribution in [1.82, 2.24) is 5.32 Å². The molecule has 0 aromatic heterocycles. The fourth-order valence-corrected chi connectivity index (χ4v) is 1.81. The van der Waals surface area contributed by atoms with Gasteiger partial charge in [0.1, 0.15) is 0 Å². The average Bonchev–Trinajstić information content (AvgIpc) is 2.40. The van der Waals surface area contributed by atoms with Crippen molar-refractivity contribution in [3.63, 3.8) is 0 Å². The van der Waals surface area contributed by atoms with Crippen LogP contribution in [-0.4, -0.2) is 30.3 Å². The molecule has 1 aliphatic rings. The first-order chi connectivity index (χ1) is 9.30. The number of alkyl halides is 3. The highest BCUT2D eigenvalue weighted by Gasteiger charge is 2.38. The summed E-state index contributed by atoms with van der Waals surface area (Å²) in [5.41, 5.74) is 2.82. The van der Waals surface area contributed by atoms with E-state index in [0.29, 0.717) is 0 Å². The topological polar surface area (TPSA) is 49.3 Å². The molecule has 0 unspecified atom stereocenters. The van der Waals surface area contributed by atoms with Gasteiger partial charge in [0, 0.05) is 11.0 Å². The van der Waals surface area contributed by atoms with Crippen molar-refractivity contribution in [2.24, 2.45) is 0 Å². The van der Waals surface area contributed by atoms with Gasteiger partial charge in [0.25, 0.3) is 0 Å². The number of benzene rings is 1. The van der Waals surface area contributed by atoms with E-state index >= 15 is 0 Å². The van der Waals surface area contributed by atoms with E-state index in [2.05, 4.69) is 51.6 Å². The van der Waals surface area contributed by atoms with Crippen molar-refractivity contribution in [3.8, 4) is 0 Å². The van der Waals surface area contributed by atoms with E-state index in [9.17, 15) is 13.2 Å². The first-order valence-electron chi connectivity index (χ1n) is 5.76. The Balaban J connectivity index is 0.000000246. The molecule has 0 saturated heterocycles. The van der Waals surface area contributed by atoms with Crippen molar-refractivity contribution in [3.05, 3.63) is 40.4 Å². The summed E-state index contributed by atoms with van der Waals surface area (Å²) in [5.74, 6) is -2.76. The van der Waals surface area contributed by atoms with Crippen LogP contribution in [0.25, 0.3) is 5.57 Å². The Kier molecular flexibility index (Phi) is 6.22. The zero-order valence-electron chi connectivity index (χ0n) is 10.4. The molecule has 1 aromatic carbocycles. The molecule has 0 fully saturated rings. The molecule has 0 aliphatic carbocycles. The minimum absolute atomic E-state index is 1.01. The minimum Gasteiger partial charge on any atom is -0.475 e. The number of halogens is 4. The molecule has 3 nitrogen and oxygen atoms in total. The second kappa shape index (κ2) is 7.44. The van der Waals surface area contributed by atoms with Gasteiger partial charge in [-0.05, 0) is 36.2 Å². The number of hydrogen-bond acceptors (Lipinski definition) is 2. The van der Waals surface area contributed by atoms with Crippen molar-refractivity contribution >= 4 is 27.5 Å². The Morgan fingerprint density at radius 1 is 1.25 bits per heavy atom. The third-order valence-electron chi connectivity index (χ3n) is 2.52. The minimum atomic E-state index is -5.08.